The van der Waals surface area contributed by atoms with Crippen molar-refractivity contribution in [2.24, 2.45) is 0 Å². The zero-order chi connectivity index (χ0) is 23.2. The summed E-state index contributed by atoms with van der Waals surface area (Å²) in [7, 11) is 3.38. The van der Waals surface area contributed by atoms with Gasteiger partial charge in [-0.3, -0.25) is 9.59 Å². The zero-order valence-electron chi connectivity index (χ0n) is 19.2. The van der Waals surface area contributed by atoms with E-state index in [0.717, 1.165) is 48.6 Å². The van der Waals surface area contributed by atoms with E-state index in [1.807, 2.05) is 35.2 Å². The average molecular weight is 454 g/mol. The molecule has 2 aliphatic heterocycles. The SMILES string of the molecule is CN(C)C(=O)COc1cccc(NCC(=O)N2CCCC2c2ccc3c(c2)OCCCO3)c1. The highest BCUT2D eigenvalue weighted by Gasteiger charge is 2.30. The van der Waals surface area contributed by atoms with Crippen LogP contribution in [0, 0.1) is 0 Å². The van der Waals surface area contributed by atoms with Crippen LogP contribution < -0.4 is 19.5 Å². The first kappa shape index (κ1) is 22.8. The van der Waals surface area contributed by atoms with Crippen molar-refractivity contribution in [3.8, 4) is 17.2 Å². The first-order valence-corrected chi connectivity index (χ1v) is 11.4. The number of nitrogens with zero attached hydrogens (tertiary/aromatic N) is 2. The van der Waals surface area contributed by atoms with E-state index in [1.54, 1.807) is 26.2 Å². The van der Waals surface area contributed by atoms with E-state index in [9.17, 15) is 9.59 Å². The molecule has 2 aromatic carbocycles. The molecule has 176 valence electrons. The Hall–Kier alpha value is -3.42. The highest BCUT2D eigenvalue weighted by atomic mass is 16.5. The fourth-order valence-corrected chi connectivity index (χ4v) is 4.05. The number of hydrogen-bond donors (Lipinski definition) is 1. The topological polar surface area (TPSA) is 80.3 Å². The summed E-state index contributed by atoms with van der Waals surface area (Å²) < 4.78 is 17.1. The molecule has 8 nitrogen and oxygen atoms in total. The van der Waals surface area contributed by atoms with Crippen LogP contribution >= 0.6 is 0 Å². The molecule has 33 heavy (non-hydrogen) atoms. The number of benzene rings is 2. The molecule has 2 amide bonds. The first-order valence-electron chi connectivity index (χ1n) is 11.4. The Balaban J connectivity index is 1.36. The van der Waals surface area contributed by atoms with Crippen LogP contribution in [0.3, 0.4) is 0 Å². The summed E-state index contributed by atoms with van der Waals surface area (Å²) in [5, 5.41) is 3.19. The molecule has 1 unspecified atom stereocenters. The molecule has 2 aliphatic rings. The number of carbonyl (C=O) groups excluding carboxylic acids is 2. The molecule has 0 saturated carbocycles. The predicted octanol–water partition coefficient (Wildman–Crippen LogP) is 3.09. The number of fused-ring (bicyclic) bond motifs is 1. The molecular formula is C25H31N3O5. The van der Waals surface area contributed by atoms with E-state index in [4.69, 9.17) is 14.2 Å². The van der Waals surface area contributed by atoms with Gasteiger partial charge in [0.1, 0.15) is 5.75 Å². The number of likely N-dealkylation sites (N-methyl/N-ethyl adjacent to an activating group) is 1. The van der Waals surface area contributed by atoms with Crippen molar-refractivity contribution >= 4 is 17.5 Å². The monoisotopic (exact) mass is 453 g/mol. The van der Waals surface area contributed by atoms with Crippen molar-refractivity contribution in [2.75, 3.05) is 52.3 Å². The van der Waals surface area contributed by atoms with Gasteiger partial charge >= 0.3 is 0 Å². The second-order valence-corrected chi connectivity index (χ2v) is 8.46. The van der Waals surface area contributed by atoms with Crippen LogP contribution in [0.1, 0.15) is 30.9 Å². The maximum Gasteiger partial charge on any atom is 0.259 e. The van der Waals surface area contributed by atoms with E-state index >= 15 is 0 Å². The average Bonchev–Trinajstić information content (AvgIpc) is 3.20. The third kappa shape index (κ3) is 5.69. The van der Waals surface area contributed by atoms with Crippen LogP contribution in [-0.2, 0) is 9.59 Å². The van der Waals surface area contributed by atoms with Crippen molar-refractivity contribution in [2.45, 2.75) is 25.3 Å². The Labute approximate surface area is 194 Å². The highest BCUT2D eigenvalue weighted by Crippen LogP contribution is 2.38. The Morgan fingerprint density at radius 2 is 1.91 bits per heavy atom. The van der Waals surface area contributed by atoms with Gasteiger partial charge in [0.25, 0.3) is 5.91 Å². The van der Waals surface area contributed by atoms with Gasteiger partial charge in [-0.05, 0) is 42.7 Å². The number of carbonyl (C=O) groups is 2. The maximum absolute atomic E-state index is 13.0. The van der Waals surface area contributed by atoms with Crippen LogP contribution in [0.5, 0.6) is 17.2 Å². The molecular weight excluding hydrogens is 422 g/mol. The minimum atomic E-state index is -0.113. The Morgan fingerprint density at radius 1 is 1.09 bits per heavy atom. The third-order valence-electron chi connectivity index (χ3n) is 5.87. The molecule has 0 aliphatic carbocycles. The first-order chi connectivity index (χ1) is 16.0. The smallest absolute Gasteiger partial charge is 0.259 e. The van der Waals surface area contributed by atoms with Crippen molar-refractivity contribution in [1.82, 2.24) is 9.80 Å². The maximum atomic E-state index is 13.0. The lowest BCUT2D eigenvalue weighted by atomic mass is 10.0. The van der Waals surface area contributed by atoms with Gasteiger partial charge in [-0.2, -0.15) is 0 Å². The lowest BCUT2D eigenvalue weighted by Crippen LogP contribution is -2.35. The Kier molecular flexibility index (Phi) is 7.22. The van der Waals surface area contributed by atoms with Crippen molar-refractivity contribution < 1.29 is 23.8 Å². The van der Waals surface area contributed by atoms with Gasteiger partial charge in [-0.25, -0.2) is 0 Å². The summed E-state index contributed by atoms with van der Waals surface area (Å²) >= 11 is 0. The van der Waals surface area contributed by atoms with E-state index < -0.39 is 0 Å². The van der Waals surface area contributed by atoms with Crippen LogP contribution in [0.15, 0.2) is 42.5 Å². The molecule has 0 spiro atoms. The molecule has 2 aromatic rings. The summed E-state index contributed by atoms with van der Waals surface area (Å²) in [5.74, 6) is 2.03. The van der Waals surface area contributed by atoms with Crippen molar-refractivity contribution in [1.29, 1.82) is 0 Å². The third-order valence-corrected chi connectivity index (χ3v) is 5.87. The van der Waals surface area contributed by atoms with Crippen LogP contribution in [0.4, 0.5) is 5.69 Å². The largest absolute Gasteiger partial charge is 0.490 e. The number of nitrogens with one attached hydrogen (secondary N) is 1. The quantitative estimate of drug-likeness (QED) is 0.694. The zero-order valence-corrected chi connectivity index (χ0v) is 19.2. The summed E-state index contributed by atoms with van der Waals surface area (Å²) in [6.07, 6.45) is 2.75. The molecule has 4 rings (SSSR count). The minimum Gasteiger partial charge on any atom is -0.490 e. The summed E-state index contributed by atoms with van der Waals surface area (Å²) in [5.41, 5.74) is 1.84. The molecule has 0 bridgehead atoms. The minimum absolute atomic E-state index is 0.0274. The number of ether oxygens (including phenoxy) is 3. The molecule has 8 heteroatoms. The van der Waals surface area contributed by atoms with Crippen molar-refractivity contribution in [3.05, 3.63) is 48.0 Å². The number of amides is 2. The van der Waals surface area contributed by atoms with Crippen molar-refractivity contribution in [3.63, 3.8) is 0 Å². The molecule has 0 radical (unpaired) electrons. The van der Waals surface area contributed by atoms with Gasteiger partial charge in [0, 0.05) is 38.8 Å². The Morgan fingerprint density at radius 3 is 2.73 bits per heavy atom. The molecule has 2 heterocycles. The normalized spacial score (nSPS) is 17.3. The molecule has 1 atom stereocenters. The van der Waals surface area contributed by atoms with Gasteiger partial charge in [0.2, 0.25) is 5.91 Å². The summed E-state index contributed by atoms with van der Waals surface area (Å²) in [6, 6.07) is 13.3. The molecule has 1 saturated heterocycles. The summed E-state index contributed by atoms with van der Waals surface area (Å²) in [4.78, 5) is 28.2. The summed E-state index contributed by atoms with van der Waals surface area (Å²) in [6.45, 7) is 2.18. The fourth-order valence-electron chi connectivity index (χ4n) is 4.05. The van der Waals surface area contributed by atoms with Crippen LogP contribution in [0.2, 0.25) is 0 Å². The fraction of sp³-hybridized carbons (Fsp3) is 0.440. The van der Waals surface area contributed by atoms with Gasteiger partial charge in [0.15, 0.2) is 18.1 Å². The van der Waals surface area contributed by atoms with Crippen LogP contribution in [-0.4, -0.2) is 68.6 Å². The molecule has 0 aromatic heterocycles. The van der Waals surface area contributed by atoms with Gasteiger partial charge in [0.05, 0.1) is 25.8 Å². The van der Waals surface area contributed by atoms with E-state index in [-0.39, 0.29) is 31.0 Å². The van der Waals surface area contributed by atoms with E-state index in [0.29, 0.717) is 19.0 Å². The highest BCUT2D eigenvalue weighted by molar-refractivity contribution is 5.82. The van der Waals surface area contributed by atoms with Crippen LogP contribution in [0.25, 0.3) is 0 Å². The number of hydrogen-bond acceptors (Lipinski definition) is 6. The molecule has 1 fully saturated rings. The number of rotatable bonds is 7. The van der Waals surface area contributed by atoms with E-state index in [1.165, 1.54) is 4.90 Å². The van der Waals surface area contributed by atoms with Gasteiger partial charge in [-0.15, -0.1) is 0 Å². The second kappa shape index (κ2) is 10.5. The van der Waals surface area contributed by atoms with Gasteiger partial charge in [-0.1, -0.05) is 12.1 Å². The van der Waals surface area contributed by atoms with E-state index in [2.05, 4.69) is 5.32 Å². The second-order valence-electron chi connectivity index (χ2n) is 8.46. The van der Waals surface area contributed by atoms with Gasteiger partial charge < -0.3 is 29.3 Å². The lowest BCUT2D eigenvalue weighted by Gasteiger charge is -2.26. The Bertz CT molecular complexity index is 994. The molecule has 1 N–H and O–H groups in total. The lowest BCUT2D eigenvalue weighted by molar-refractivity contribution is -0.131. The standard InChI is InChI=1S/C25H31N3O5/c1-27(2)25(30)17-33-20-7-3-6-19(15-20)26-16-24(29)28-11-4-8-21(28)18-9-10-22-23(14-18)32-13-5-12-31-22/h3,6-7,9-10,14-15,21,26H,4-5,8,11-13,16-17H2,1-2H3. The predicted molar refractivity (Wildman–Crippen MR) is 125 cm³/mol. The number of likely N-dealkylation sites (tertiary alicyclic amines) is 1. The number of anilines is 1.